The second kappa shape index (κ2) is 4.77. The van der Waals surface area contributed by atoms with Crippen molar-refractivity contribution in [1.29, 1.82) is 0 Å². The van der Waals surface area contributed by atoms with Gasteiger partial charge in [-0.05, 0) is 46.5 Å². The second-order valence-corrected chi connectivity index (χ2v) is 4.08. The van der Waals surface area contributed by atoms with E-state index in [-0.39, 0.29) is 18.4 Å². The molecule has 14 heavy (non-hydrogen) atoms. The molecule has 1 aromatic rings. The van der Waals surface area contributed by atoms with E-state index in [4.69, 9.17) is 10.8 Å². The predicted molar refractivity (Wildman–Crippen MR) is 59.2 cm³/mol. The monoisotopic (exact) mass is 259 g/mol. The number of aliphatic hydroxyl groups is 1. The summed E-state index contributed by atoms with van der Waals surface area (Å²) >= 11 is 3.26. The third-order valence-electron chi connectivity index (χ3n) is 2.13. The first-order valence-corrected chi connectivity index (χ1v) is 5.21. The molecule has 0 amide bonds. The molecular weight excluding hydrogens is 246 g/mol. The van der Waals surface area contributed by atoms with Gasteiger partial charge in [0, 0.05) is 12.6 Å². The number of nitrogens with two attached hydrogens (primary N) is 1. The molecule has 1 atom stereocenters. The summed E-state index contributed by atoms with van der Waals surface area (Å²) in [5.74, 6) is 0.188. The number of halogens is 1. The Morgan fingerprint density at radius 3 is 2.64 bits per heavy atom. The molecule has 4 heteroatoms. The standard InChI is InChI=1S/C10H14BrNO2/c1-6-4-7(8(12)2-3-13)5-9(14)10(6)11/h4-5,8,13-14H,2-3,12H2,1H3. The molecule has 0 aliphatic rings. The lowest BCUT2D eigenvalue weighted by atomic mass is 10.0. The summed E-state index contributed by atoms with van der Waals surface area (Å²) in [7, 11) is 0. The van der Waals surface area contributed by atoms with Crippen LogP contribution in [0.5, 0.6) is 5.75 Å². The summed E-state index contributed by atoms with van der Waals surface area (Å²) in [4.78, 5) is 0. The fraction of sp³-hybridized carbons (Fsp3) is 0.400. The zero-order valence-electron chi connectivity index (χ0n) is 8.00. The van der Waals surface area contributed by atoms with E-state index < -0.39 is 0 Å². The molecule has 0 saturated carbocycles. The van der Waals surface area contributed by atoms with Crippen LogP contribution in [0.1, 0.15) is 23.6 Å². The van der Waals surface area contributed by atoms with Crippen molar-refractivity contribution in [2.24, 2.45) is 5.73 Å². The molecule has 0 aliphatic carbocycles. The van der Waals surface area contributed by atoms with E-state index in [2.05, 4.69) is 15.9 Å². The molecule has 4 N–H and O–H groups in total. The van der Waals surface area contributed by atoms with E-state index in [1.807, 2.05) is 13.0 Å². The van der Waals surface area contributed by atoms with Gasteiger partial charge in [-0.3, -0.25) is 0 Å². The lowest BCUT2D eigenvalue weighted by molar-refractivity contribution is 0.276. The van der Waals surface area contributed by atoms with Crippen LogP contribution in [0.15, 0.2) is 16.6 Å². The van der Waals surface area contributed by atoms with Crippen molar-refractivity contribution >= 4 is 15.9 Å². The van der Waals surface area contributed by atoms with Gasteiger partial charge in [-0.25, -0.2) is 0 Å². The Hall–Kier alpha value is -0.580. The summed E-state index contributed by atoms with van der Waals surface area (Å²) in [6, 6.07) is 3.30. The maximum absolute atomic E-state index is 9.53. The normalized spacial score (nSPS) is 12.9. The number of aryl methyl sites for hydroxylation is 1. The van der Waals surface area contributed by atoms with Crippen LogP contribution in [0.25, 0.3) is 0 Å². The van der Waals surface area contributed by atoms with Crippen LogP contribution in [0.4, 0.5) is 0 Å². The van der Waals surface area contributed by atoms with Gasteiger partial charge in [0.05, 0.1) is 4.47 Å². The van der Waals surface area contributed by atoms with Crippen molar-refractivity contribution in [1.82, 2.24) is 0 Å². The highest BCUT2D eigenvalue weighted by atomic mass is 79.9. The minimum absolute atomic E-state index is 0.0526. The molecule has 0 fully saturated rings. The Morgan fingerprint density at radius 2 is 2.14 bits per heavy atom. The van der Waals surface area contributed by atoms with Crippen molar-refractivity contribution in [3.8, 4) is 5.75 Å². The number of hydrogen-bond donors (Lipinski definition) is 3. The molecular formula is C10H14BrNO2. The predicted octanol–water partition coefficient (Wildman–Crippen LogP) is 1.85. The van der Waals surface area contributed by atoms with Crippen LogP contribution < -0.4 is 5.73 Å². The lowest BCUT2D eigenvalue weighted by Crippen LogP contribution is -2.12. The number of benzene rings is 1. The highest BCUT2D eigenvalue weighted by Gasteiger charge is 2.10. The number of rotatable bonds is 3. The van der Waals surface area contributed by atoms with Crippen LogP contribution in [0.3, 0.4) is 0 Å². The van der Waals surface area contributed by atoms with E-state index in [9.17, 15) is 5.11 Å². The van der Waals surface area contributed by atoms with Crippen LogP contribution in [0, 0.1) is 6.92 Å². The summed E-state index contributed by atoms with van der Waals surface area (Å²) in [5, 5.41) is 18.3. The highest BCUT2D eigenvalue weighted by Crippen LogP contribution is 2.30. The van der Waals surface area contributed by atoms with E-state index >= 15 is 0 Å². The van der Waals surface area contributed by atoms with Gasteiger partial charge < -0.3 is 15.9 Å². The van der Waals surface area contributed by atoms with Crippen molar-refractivity contribution in [3.05, 3.63) is 27.7 Å². The Kier molecular flexibility index (Phi) is 3.92. The molecule has 0 saturated heterocycles. The molecule has 78 valence electrons. The summed E-state index contributed by atoms with van der Waals surface area (Å²) in [5.41, 5.74) is 7.59. The van der Waals surface area contributed by atoms with Crippen LogP contribution in [-0.2, 0) is 0 Å². The lowest BCUT2D eigenvalue weighted by Gasteiger charge is -2.12. The van der Waals surface area contributed by atoms with E-state index in [1.165, 1.54) is 0 Å². The minimum atomic E-state index is -0.224. The molecule has 0 spiro atoms. The molecule has 1 unspecified atom stereocenters. The zero-order valence-corrected chi connectivity index (χ0v) is 9.58. The van der Waals surface area contributed by atoms with Crippen LogP contribution in [0.2, 0.25) is 0 Å². The maximum Gasteiger partial charge on any atom is 0.130 e. The minimum Gasteiger partial charge on any atom is -0.507 e. The summed E-state index contributed by atoms with van der Waals surface area (Å²) in [6.07, 6.45) is 0.501. The smallest absolute Gasteiger partial charge is 0.130 e. The second-order valence-electron chi connectivity index (χ2n) is 3.29. The average Bonchev–Trinajstić information content (AvgIpc) is 2.13. The van der Waals surface area contributed by atoms with Crippen molar-refractivity contribution in [3.63, 3.8) is 0 Å². The quantitative estimate of drug-likeness (QED) is 0.776. The summed E-state index contributed by atoms with van der Waals surface area (Å²) < 4.78 is 0.692. The number of phenols is 1. The van der Waals surface area contributed by atoms with Crippen molar-refractivity contribution in [2.75, 3.05) is 6.61 Å². The fourth-order valence-electron chi connectivity index (χ4n) is 1.30. The van der Waals surface area contributed by atoms with E-state index in [0.29, 0.717) is 10.9 Å². The Bertz CT molecular complexity index is 305. The Balaban J connectivity index is 3.00. The largest absolute Gasteiger partial charge is 0.507 e. The third-order valence-corrected chi connectivity index (χ3v) is 3.16. The van der Waals surface area contributed by atoms with Gasteiger partial charge >= 0.3 is 0 Å². The third kappa shape index (κ3) is 2.47. The van der Waals surface area contributed by atoms with Gasteiger partial charge in [0.1, 0.15) is 5.75 Å². The van der Waals surface area contributed by atoms with Crippen LogP contribution >= 0.6 is 15.9 Å². The SMILES string of the molecule is Cc1cc(C(N)CCO)cc(O)c1Br. The van der Waals surface area contributed by atoms with Gasteiger partial charge in [-0.15, -0.1) is 0 Å². The zero-order chi connectivity index (χ0) is 10.7. The van der Waals surface area contributed by atoms with Gasteiger partial charge in [-0.1, -0.05) is 6.07 Å². The first-order valence-electron chi connectivity index (χ1n) is 4.41. The molecule has 3 nitrogen and oxygen atoms in total. The molecule has 0 heterocycles. The Morgan fingerprint density at radius 1 is 1.50 bits per heavy atom. The van der Waals surface area contributed by atoms with Gasteiger partial charge in [0.2, 0.25) is 0 Å². The van der Waals surface area contributed by atoms with Crippen LogP contribution in [-0.4, -0.2) is 16.8 Å². The maximum atomic E-state index is 9.53. The van der Waals surface area contributed by atoms with Gasteiger partial charge in [0.15, 0.2) is 0 Å². The molecule has 0 bridgehead atoms. The van der Waals surface area contributed by atoms with E-state index in [0.717, 1.165) is 11.1 Å². The number of aliphatic hydroxyl groups excluding tert-OH is 1. The first-order chi connectivity index (χ1) is 6.56. The number of aromatic hydroxyl groups is 1. The molecule has 0 radical (unpaired) electrons. The fourth-order valence-corrected chi connectivity index (χ4v) is 1.53. The van der Waals surface area contributed by atoms with Gasteiger partial charge in [0.25, 0.3) is 0 Å². The topological polar surface area (TPSA) is 66.5 Å². The summed E-state index contributed by atoms with van der Waals surface area (Å²) in [6.45, 7) is 1.94. The van der Waals surface area contributed by atoms with E-state index in [1.54, 1.807) is 6.07 Å². The van der Waals surface area contributed by atoms with Crippen molar-refractivity contribution in [2.45, 2.75) is 19.4 Å². The first kappa shape index (κ1) is 11.5. The van der Waals surface area contributed by atoms with Crippen molar-refractivity contribution < 1.29 is 10.2 Å². The molecule has 0 aliphatic heterocycles. The highest BCUT2D eigenvalue weighted by molar-refractivity contribution is 9.10. The number of hydrogen-bond acceptors (Lipinski definition) is 3. The molecule has 1 aromatic carbocycles. The number of phenolic OH excluding ortho intramolecular Hbond substituents is 1. The molecule has 0 aromatic heterocycles. The average molecular weight is 260 g/mol. The van der Waals surface area contributed by atoms with Gasteiger partial charge in [-0.2, -0.15) is 0 Å². The molecule has 1 rings (SSSR count). The Labute approximate surface area is 91.7 Å².